The molecule has 0 aromatic heterocycles. The quantitative estimate of drug-likeness (QED) is 0.825. The molecular formula is C10H6F6N2O2. The van der Waals surface area contributed by atoms with E-state index in [-0.39, 0.29) is 0 Å². The third kappa shape index (κ3) is 4.14. The van der Waals surface area contributed by atoms with Gasteiger partial charge in [-0.2, -0.15) is 26.3 Å². The molecule has 0 bridgehead atoms. The van der Waals surface area contributed by atoms with Gasteiger partial charge < -0.3 is 10.6 Å². The van der Waals surface area contributed by atoms with E-state index >= 15 is 0 Å². The van der Waals surface area contributed by atoms with Crippen molar-refractivity contribution in [2.24, 2.45) is 0 Å². The summed E-state index contributed by atoms with van der Waals surface area (Å²) in [5.74, 6) is -4.74. The zero-order chi connectivity index (χ0) is 15.6. The number of benzene rings is 1. The predicted molar refractivity (Wildman–Crippen MR) is 55.8 cm³/mol. The van der Waals surface area contributed by atoms with Crippen molar-refractivity contribution in [3.63, 3.8) is 0 Å². The molecule has 0 aliphatic carbocycles. The van der Waals surface area contributed by atoms with Crippen molar-refractivity contribution in [3.8, 4) is 0 Å². The highest BCUT2D eigenvalue weighted by molar-refractivity contribution is 6.02. The van der Waals surface area contributed by atoms with E-state index in [1.165, 1.54) is 22.8 Å². The summed E-state index contributed by atoms with van der Waals surface area (Å²) >= 11 is 0. The second kappa shape index (κ2) is 5.39. The van der Waals surface area contributed by atoms with Crippen molar-refractivity contribution >= 4 is 23.2 Å². The van der Waals surface area contributed by atoms with Gasteiger partial charge in [0.1, 0.15) is 0 Å². The molecule has 20 heavy (non-hydrogen) atoms. The summed E-state index contributed by atoms with van der Waals surface area (Å²) in [6.45, 7) is 0. The fraction of sp³-hybridized carbons (Fsp3) is 0.200. The van der Waals surface area contributed by atoms with Gasteiger partial charge >= 0.3 is 24.2 Å². The number of carbonyl (C=O) groups excluding carboxylic acids is 2. The molecule has 0 aliphatic rings. The van der Waals surface area contributed by atoms with E-state index in [9.17, 15) is 35.9 Å². The SMILES string of the molecule is O=C(Nc1ccccc1NC(=O)C(F)(F)F)C(F)(F)F. The Morgan fingerprint density at radius 1 is 0.750 bits per heavy atom. The summed E-state index contributed by atoms with van der Waals surface area (Å²) in [6.07, 6.45) is -10.4. The van der Waals surface area contributed by atoms with Crippen LogP contribution in [-0.4, -0.2) is 24.2 Å². The minimum atomic E-state index is -5.21. The smallest absolute Gasteiger partial charge is 0.316 e. The van der Waals surface area contributed by atoms with E-state index in [0.717, 1.165) is 12.1 Å². The molecule has 0 saturated carbocycles. The maximum absolute atomic E-state index is 12.0. The van der Waals surface area contributed by atoms with Gasteiger partial charge in [0.15, 0.2) is 0 Å². The number of carbonyl (C=O) groups is 2. The molecule has 1 aromatic carbocycles. The molecule has 2 amide bonds. The standard InChI is InChI=1S/C10H6F6N2O2/c11-9(12,13)7(19)17-5-3-1-2-4-6(5)18-8(20)10(14,15)16/h1-4H,(H,17,19)(H,18,20). The molecule has 110 valence electrons. The van der Waals surface area contributed by atoms with Crippen LogP contribution in [0, 0.1) is 0 Å². The fourth-order valence-corrected chi connectivity index (χ4v) is 1.09. The van der Waals surface area contributed by atoms with Gasteiger partial charge in [-0.25, -0.2) is 0 Å². The van der Waals surface area contributed by atoms with Crippen LogP contribution in [0.2, 0.25) is 0 Å². The molecule has 1 aromatic rings. The summed E-state index contributed by atoms with van der Waals surface area (Å²) < 4.78 is 72.2. The summed E-state index contributed by atoms with van der Waals surface area (Å²) in [5.41, 5.74) is -1.21. The average molecular weight is 300 g/mol. The molecule has 0 fully saturated rings. The second-order valence-electron chi connectivity index (χ2n) is 3.45. The van der Waals surface area contributed by atoms with Gasteiger partial charge in [-0.3, -0.25) is 9.59 Å². The van der Waals surface area contributed by atoms with E-state index in [0.29, 0.717) is 0 Å². The predicted octanol–water partition coefficient (Wildman–Crippen LogP) is 2.69. The van der Waals surface area contributed by atoms with E-state index < -0.39 is 35.5 Å². The number of rotatable bonds is 2. The minimum Gasteiger partial charge on any atom is -0.316 e. The first-order chi connectivity index (χ1) is 9.01. The van der Waals surface area contributed by atoms with Crippen LogP contribution in [0.5, 0.6) is 0 Å². The third-order valence-electron chi connectivity index (χ3n) is 1.94. The van der Waals surface area contributed by atoms with Crippen LogP contribution in [-0.2, 0) is 9.59 Å². The van der Waals surface area contributed by atoms with Gasteiger partial charge in [-0.15, -0.1) is 0 Å². The molecule has 4 nitrogen and oxygen atoms in total. The number of hydrogen-bond donors (Lipinski definition) is 2. The number of anilines is 2. The Bertz CT molecular complexity index is 476. The first-order valence-electron chi connectivity index (χ1n) is 4.87. The molecule has 0 unspecified atom stereocenters. The van der Waals surface area contributed by atoms with Crippen LogP contribution in [0.3, 0.4) is 0 Å². The topological polar surface area (TPSA) is 58.2 Å². The number of amides is 2. The van der Waals surface area contributed by atoms with Crippen molar-refractivity contribution in [2.75, 3.05) is 10.6 Å². The summed E-state index contributed by atoms with van der Waals surface area (Å²) in [5, 5.41) is 2.72. The largest absolute Gasteiger partial charge is 0.471 e. The Kier molecular flexibility index (Phi) is 4.26. The van der Waals surface area contributed by atoms with Gasteiger partial charge in [-0.05, 0) is 12.1 Å². The number of nitrogens with one attached hydrogen (secondary N) is 2. The summed E-state index contributed by atoms with van der Waals surface area (Å²) in [7, 11) is 0. The minimum absolute atomic E-state index is 0.604. The summed E-state index contributed by atoms with van der Waals surface area (Å²) in [4.78, 5) is 21.4. The Labute approximate surface area is 107 Å². The van der Waals surface area contributed by atoms with Crippen molar-refractivity contribution in [1.29, 1.82) is 0 Å². The number of alkyl halides is 6. The molecule has 0 spiro atoms. The molecule has 1 rings (SSSR count). The highest BCUT2D eigenvalue weighted by atomic mass is 19.4. The molecule has 0 aliphatic heterocycles. The van der Waals surface area contributed by atoms with E-state index in [1.54, 1.807) is 0 Å². The molecule has 0 atom stereocenters. The Morgan fingerprint density at radius 3 is 1.30 bits per heavy atom. The molecular weight excluding hydrogens is 294 g/mol. The van der Waals surface area contributed by atoms with Crippen molar-refractivity contribution in [3.05, 3.63) is 24.3 Å². The normalized spacial score (nSPS) is 11.9. The van der Waals surface area contributed by atoms with E-state index in [4.69, 9.17) is 0 Å². The summed E-state index contributed by atoms with van der Waals surface area (Å²) in [6, 6.07) is 4.18. The monoisotopic (exact) mass is 300 g/mol. The van der Waals surface area contributed by atoms with E-state index in [1.807, 2.05) is 0 Å². The highest BCUT2D eigenvalue weighted by Crippen LogP contribution is 2.26. The molecule has 0 heterocycles. The number of halogens is 6. The number of para-hydroxylation sites is 2. The van der Waals surface area contributed by atoms with Crippen LogP contribution in [0.4, 0.5) is 37.7 Å². The lowest BCUT2D eigenvalue weighted by atomic mass is 10.2. The van der Waals surface area contributed by atoms with Gasteiger partial charge in [-0.1, -0.05) is 12.1 Å². The van der Waals surface area contributed by atoms with Crippen molar-refractivity contribution < 1.29 is 35.9 Å². The van der Waals surface area contributed by atoms with Crippen molar-refractivity contribution in [1.82, 2.24) is 0 Å². The molecule has 0 radical (unpaired) electrons. The first-order valence-corrected chi connectivity index (χ1v) is 4.87. The van der Waals surface area contributed by atoms with Gasteiger partial charge in [0.25, 0.3) is 0 Å². The lowest BCUT2D eigenvalue weighted by molar-refractivity contribution is -0.167. The van der Waals surface area contributed by atoms with Crippen LogP contribution in [0.15, 0.2) is 24.3 Å². The van der Waals surface area contributed by atoms with Crippen LogP contribution in [0.25, 0.3) is 0 Å². The third-order valence-corrected chi connectivity index (χ3v) is 1.94. The lowest BCUT2D eigenvalue weighted by Gasteiger charge is -2.14. The van der Waals surface area contributed by atoms with Gasteiger partial charge in [0.05, 0.1) is 11.4 Å². The number of hydrogen-bond acceptors (Lipinski definition) is 2. The Balaban J connectivity index is 2.95. The Morgan fingerprint density at radius 2 is 1.05 bits per heavy atom. The Hall–Kier alpha value is -2.26. The molecule has 0 saturated heterocycles. The molecule has 10 heteroatoms. The van der Waals surface area contributed by atoms with Gasteiger partial charge in [0.2, 0.25) is 0 Å². The van der Waals surface area contributed by atoms with Crippen LogP contribution >= 0.6 is 0 Å². The maximum atomic E-state index is 12.0. The zero-order valence-electron chi connectivity index (χ0n) is 9.39. The fourth-order valence-electron chi connectivity index (χ4n) is 1.09. The molecule has 2 N–H and O–H groups in total. The lowest BCUT2D eigenvalue weighted by Crippen LogP contribution is -2.32. The van der Waals surface area contributed by atoms with Crippen molar-refractivity contribution in [2.45, 2.75) is 12.4 Å². The second-order valence-corrected chi connectivity index (χ2v) is 3.45. The highest BCUT2D eigenvalue weighted by Gasteiger charge is 2.40. The van der Waals surface area contributed by atoms with Crippen LogP contribution in [0.1, 0.15) is 0 Å². The van der Waals surface area contributed by atoms with Gasteiger partial charge in [0, 0.05) is 0 Å². The maximum Gasteiger partial charge on any atom is 0.471 e. The average Bonchev–Trinajstić information content (AvgIpc) is 2.29. The first kappa shape index (κ1) is 15.8. The zero-order valence-corrected chi connectivity index (χ0v) is 9.39. The van der Waals surface area contributed by atoms with E-state index in [2.05, 4.69) is 0 Å². The van der Waals surface area contributed by atoms with Crippen LogP contribution < -0.4 is 10.6 Å².